The maximum Gasteiger partial charge on any atom is 0.411 e. The molecule has 4 N–H and O–H groups in total. The highest BCUT2D eigenvalue weighted by Gasteiger charge is 2.51. The van der Waals surface area contributed by atoms with Crippen LogP contribution in [0.3, 0.4) is 0 Å². The molecule has 174 valence electrons. The van der Waals surface area contributed by atoms with Crippen molar-refractivity contribution in [3.63, 3.8) is 0 Å². The number of imidazole rings is 1. The molecule has 1 aromatic heterocycles. The largest absolute Gasteiger partial charge is 0.465 e. The molecule has 0 aliphatic carbocycles. The second-order valence-electron chi connectivity index (χ2n) is 7.33. The molecule has 0 saturated heterocycles. The lowest BCUT2D eigenvalue weighted by molar-refractivity contribution is 0.0698. The first-order chi connectivity index (χ1) is 15.7. The molecule has 1 aliphatic heterocycles. The third kappa shape index (κ3) is 3.49. The predicted octanol–water partition coefficient (Wildman–Crippen LogP) is 4.97. The highest BCUT2D eigenvalue weighted by molar-refractivity contribution is 9.10. The van der Waals surface area contributed by atoms with Gasteiger partial charge in [0.05, 0.1) is 21.2 Å². The fourth-order valence-electron chi connectivity index (χ4n) is 4.02. The fourth-order valence-corrected chi connectivity index (χ4v) is 4.44. The second kappa shape index (κ2) is 8.35. The summed E-state index contributed by atoms with van der Waals surface area (Å²) < 4.78 is 29.1. The summed E-state index contributed by atoms with van der Waals surface area (Å²) >= 11 is 2.94. The molecule has 0 saturated carbocycles. The van der Waals surface area contributed by atoms with E-state index in [2.05, 4.69) is 31.2 Å². The minimum atomic E-state index is -2.19. The van der Waals surface area contributed by atoms with Gasteiger partial charge in [-0.05, 0) is 40.2 Å². The van der Waals surface area contributed by atoms with Crippen LogP contribution in [0.4, 0.5) is 25.2 Å². The van der Waals surface area contributed by atoms with Gasteiger partial charge in [-0.3, -0.25) is 15.0 Å². The Kier molecular flexibility index (Phi) is 5.80. The first-order valence-electron chi connectivity index (χ1n) is 9.51. The number of carbonyl (C=O) groups is 2. The summed E-state index contributed by atoms with van der Waals surface area (Å²) in [5.74, 6) is -2.49. The first kappa shape index (κ1) is 23.6. The van der Waals surface area contributed by atoms with Gasteiger partial charge in [0.2, 0.25) is 5.95 Å². The van der Waals surface area contributed by atoms with Gasteiger partial charge in [0.25, 0.3) is 5.91 Å². The van der Waals surface area contributed by atoms with Gasteiger partial charge in [-0.25, -0.2) is 18.6 Å². The molecule has 12 heteroatoms. The highest BCUT2D eigenvalue weighted by atomic mass is 79.9. The number of nitrogens with zero attached hydrogens (tertiary/aromatic N) is 2. The molecular weight excluding hydrogens is 538 g/mol. The summed E-state index contributed by atoms with van der Waals surface area (Å²) in [4.78, 5) is 31.9. The molecule has 0 bridgehead atoms. The van der Waals surface area contributed by atoms with Crippen molar-refractivity contribution in [3.8, 4) is 0 Å². The van der Waals surface area contributed by atoms with Crippen molar-refractivity contribution >= 4 is 63.0 Å². The van der Waals surface area contributed by atoms with E-state index in [0.29, 0.717) is 11.0 Å². The molecule has 8 nitrogen and oxygen atoms in total. The van der Waals surface area contributed by atoms with Gasteiger partial charge in [-0.15, -0.1) is 12.4 Å². The summed E-state index contributed by atoms with van der Waals surface area (Å²) in [6.07, 6.45) is -1.32. The van der Waals surface area contributed by atoms with Crippen LogP contribution in [0.25, 0.3) is 11.0 Å². The molecule has 0 spiro atoms. The molecule has 0 radical (unpaired) electrons. The molecule has 1 unspecified atom stereocenters. The number of carbonyl (C=O) groups excluding carboxylic acids is 1. The van der Waals surface area contributed by atoms with E-state index in [1.54, 1.807) is 12.1 Å². The Balaban J connectivity index is 0.00000274. The Morgan fingerprint density at radius 2 is 1.88 bits per heavy atom. The van der Waals surface area contributed by atoms with E-state index in [9.17, 15) is 19.1 Å². The number of hydrogen-bond acceptors (Lipinski definition) is 4. The summed E-state index contributed by atoms with van der Waals surface area (Å²) in [7, 11) is 0. The third-order valence-corrected chi connectivity index (χ3v) is 5.96. The Hall–Kier alpha value is -3.54. The topological polar surface area (TPSA) is 119 Å². The van der Waals surface area contributed by atoms with Crippen LogP contribution in [-0.4, -0.2) is 32.2 Å². The Bertz CT molecular complexity index is 1480. The van der Waals surface area contributed by atoms with Gasteiger partial charge in [0, 0.05) is 22.8 Å². The van der Waals surface area contributed by atoms with Gasteiger partial charge in [-0.1, -0.05) is 24.3 Å². The fraction of sp³-hybridized carbons (Fsp3) is 0.0455. The number of anilines is 2. The maximum absolute atomic E-state index is 15.1. The summed E-state index contributed by atoms with van der Waals surface area (Å²) in [5, 5.41) is 23.0. The van der Waals surface area contributed by atoms with Crippen LogP contribution in [0, 0.1) is 11.6 Å². The SMILES string of the molecule is Cl.O=C(O)Nc1nc2ccc(C3(O)c4ccccc4C(=O)N3c3cc(F)cc(Br)c3F)cc2[nH]1. The Morgan fingerprint density at radius 1 is 1.15 bits per heavy atom. The maximum atomic E-state index is 15.1. The minimum absolute atomic E-state index is 0. The molecule has 2 heterocycles. The Labute approximate surface area is 204 Å². The summed E-state index contributed by atoms with van der Waals surface area (Å²) in [6, 6.07) is 12.4. The van der Waals surface area contributed by atoms with E-state index in [4.69, 9.17) is 5.11 Å². The van der Waals surface area contributed by atoms with Crippen molar-refractivity contribution < 1.29 is 28.6 Å². The van der Waals surface area contributed by atoms with Gasteiger partial charge >= 0.3 is 6.09 Å². The molecule has 34 heavy (non-hydrogen) atoms. The smallest absolute Gasteiger partial charge is 0.411 e. The van der Waals surface area contributed by atoms with Crippen LogP contribution >= 0.6 is 28.3 Å². The van der Waals surface area contributed by atoms with Crippen molar-refractivity contribution in [2.24, 2.45) is 0 Å². The van der Waals surface area contributed by atoms with Crippen LogP contribution < -0.4 is 10.2 Å². The van der Waals surface area contributed by atoms with Crippen molar-refractivity contribution in [1.29, 1.82) is 0 Å². The molecule has 0 fully saturated rings. The van der Waals surface area contributed by atoms with Crippen molar-refractivity contribution in [2.45, 2.75) is 5.72 Å². The predicted molar refractivity (Wildman–Crippen MR) is 125 cm³/mol. The average molecular weight is 552 g/mol. The number of aromatic amines is 1. The van der Waals surface area contributed by atoms with Crippen LogP contribution in [0.15, 0.2) is 59.1 Å². The summed E-state index contributed by atoms with van der Waals surface area (Å²) in [6.45, 7) is 0. The second-order valence-corrected chi connectivity index (χ2v) is 8.18. The van der Waals surface area contributed by atoms with E-state index in [1.807, 2.05) is 0 Å². The summed E-state index contributed by atoms with van der Waals surface area (Å²) in [5.41, 5.74) is -1.46. The zero-order valence-electron chi connectivity index (χ0n) is 16.8. The molecule has 1 atom stereocenters. The number of benzene rings is 3. The number of carboxylic acid groups (broad SMARTS) is 1. The minimum Gasteiger partial charge on any atom is -0.465 e. The number of fused-ring (bicyclic) bond motifs is 2. The number of aliphatic hydroxyl groups is 1. The van der Waals surface area contributed by atoms with E-state index in [1.165, 1.54) is 30.3 Å². The third-order valence-electron chi connectivity index (χ3n) is 5.38. The number of nitrogens with one attached hydrogen (secondary N) is 2. The highest BCUT2D eigenvalue weighted by Crippen LogP contribution is 2.46. The normalized spacial score (nSPS) is 16.9. The molecule has 1 aliphatic rings. The number of hydrogen-bond donors (Lipinski definition) is 4. The van der Waals surface area contributed by atoms with E-state index < -0.39 is 35.0 Å². The van der Waals surface area contributed by atoms with Crippen LogP contribution in [-0.2, 0) is 5.72 Å². The molecule has 3 aromatic carbocycles. The molecule has 5 rings (SSSR count). The van der Waals surface area contributed by atoms with Crippen molar-refractivity contribution in [3.05, 3.63) is 87.4 Å². The number of aromatic nitrogens is 2. The standard InChI is InChI=1S/C22H13BrF2N4O4.ClH/c23-14-8-11(24)9-17(18(14)25)29-19(30)12-3-1-2-4-13(12)22(29,33)10-5-6-15-16(7-10)27-20(26-15)28-21(31)32;/h1-9,33H,(H,31,32)(H2,26,27,28);1H. The van der Waals surface area contributed by atoms with E-state index in [-0.39, 0.29) is 39.5 Å². The zero-order valence-corrected chi connectivity index (χ0v) is 19.2. The lowest BCUT2D eigenvalue weighted by Gasteiger charge is -2.35. The molecule has 2 amide bonds. The van der Waals surface area contributed by atoms with E-state index in [0.717, 1.165) is 17.0 Å². The lowest BCUT2D eigenvalue weighted by Crippen LogP contribution is -2.45. The van der Waals surface area contributed by atoms with E-state index >= 15 is 4.39 Å². The molecule has 4 aromatic rings. The van der Waals surface area contributed by atoms with Gasteiger partial charge in [0.15, 0.2) is 11.5 Å². The zero-order chi connectivity index (χ0) is 23.5. The average Bonchev–Trinajstić information content (AvgIpc) is 3.26. The lowest BCUT2D eigenvalue weighted by atomic mass is 9.93. The monoisotopic (exact) mass is 550 g/mol. The number of rotatable bonds is 3. The van der Waals surface area contributed by atoms with Crippen LogP contribution in [0.1, 0.15) is 21.5 Å². The number of halogens is 4. The number of H-pyrrole nitrogens is 1. The van der Waals surface area contributed by atoms with Gasteiger partial charge < -0.3 is 15.2 Å². The van der Waals surface area contributed by atoms with Crippen molar-refractivity contribution in [2.75, 3.05) is 10.2 Å². The number of amides is 2. The van der Waals surface area contributed by atoms with Crippen molar-refractivity contribution in [1.82, 2.24) is 9.97 Å². The molecular formula is C22H14BrClF2N4O4. The van der Waals surface area contributed by atoms with Crippen LogP contribution in [0.2, 0.25) is 0 Å². The Morgan fingerprint density at radius 3 is 2.62 bits per heavy atom. The van der Waals surface area contributed by atoms with Crippen LogP contribution in [0.5, 0.6) is 0 Å². The van der Waals surface area contributed by atoms with Gasteiger partial charge in [0.1, 0.15) is 5.82 Å². The quantitative estimate of drug-likeness (QED) is 0.268. The van der Waals surface area contributed by atoms with Gasteiger partial charge in [-0.2, -0.15) is 0 Å². The first-order valence-corrected chi connectivity index (χ1v) is 10.3.